The number of fused-ring (bicyclic) bond motifs is 2. The molecule has 194 valence electrons. The first-order valence-electron chi connectivity index (χ1n) is 11.9. The number of anilines is 1. The van der Waals surface area contributed by atoms with Crippen molar-refractivity contribution >= 4 is 40.7 Å². The molecule has 0 spiro atoms. The van der Waals surface area contributed by atoms with Crippen molar-refractivity contribution in [2.45, 2.75) is 50.2 Å². The highest BCUT2D eigenvalue weighted by Gasteiger charge is 2.39. The maximum atomic E-state index is 13.1. The van der Waals surface area contributed by atoms with Crippen molar-refractivity contribution in [1.82, 2.24) is 10.2 Å². The van der Waals surface area contributed by atoms with E-state index in [4.69, 9.17) is 37.4 Å². The molecule has 2 fully saturated rings. The first-order valence-corrected chi connectivity index (χ1v) is 12.7. The third-order valence-corrected chi connectivity index (χ3v) is 7.48. The molecule has 2 aromatic carbocycles. The molecule has 2 saturated heterocycles. The third-order valence-electron chi connectivity index (χ3n) is 6.92. The quantitative estimate of drug-likeness (QED) is 0.505. The van der Waals surface area contributed by atoms with Gasteiger partial charge in [-0.15, -0.1) is 0 Å². The van der Waals surface area contributed by atoms with Crippen molar-refractivity contribution in [3.63, 3.8) is 0 Å². The molecule has 4 rings (SSSR count). The first-order chi connectivity index (χ1) is 17.3. The molecule has 0 aliphatic carbocycles. The fraction of sp³-hybridized carbons (Fsp3) is 0.462. The number of rotatable bonds is 8. The van der Waals surface area contributed by atoms with Crippen LogP contribution < -0.4 is 24.8 Å². The molecule has 3 atom stereocenters. The summed E-state index contributed by atoms with van der Waals surface area (Å²) in [5, 5.41) is 7.02. The number of piperidine rings is 2. The van der Waals surface area contributed by atoms with Gasteiger partial charge in [-0.2, -0.15) is 0 Å². The number of methoxy groups -OCH3 is 3. The fourth-order valence-corrected chi connectivity index (χ4v) is 5.62. The van der Waals surface area contributed by atoms with Crippen molar-refractivity contribution in [3.8, 4) is 17.2 Å². The Hall–Kier alpha value is -2.68. The molecular weight excluding hydrogens is 505 g/mol. The summed E-state index contributed by atoms with van der Waals surface area (Å²) in [5.74, 6) is 0.978. The summed E-state index contributed by atoms with van der Waals surface area (Å²) in [7, 11) is 4.56. The molecule has 2 aromatic rings. The van der Waals surface area contributed by atoms with Gasteiger partial charge in [0.15, 0.2) is 11.5 Å². The summed E-state index contributed by atoms with van der Waals surface area (Å²) < 4.78 is 16.1. The van der Waals surface area contributed by atoms with Crippen LogP contribution in [0.15, 0.2) is 30.3 Å². The highest BCUT2D eigenvalue weighted by atomic mass is 35.5. The Bertz CT molecular complexity index is 1090. The van der Waals surface area contributed by atoms with E-state index in [0.29, 0.717) is 38.5 Å². The molecule has 2 N–H and O–H groups in total. The molecule has 0 aromatic heterocycles. The van der Waals surface area contributed by atoms with Crippen molar-refractivity contribution in [1.29, 1.82) is 0 Å². The minimum absolute atomic E-state index is 0.00794. The molecule has 2 aliphatic rings. The molecule has 8 nitrogen and oxygen atoms in total. The zero-order valence-corrected chi connectivity index (χ0v) is 22.1. The Balaban J connectivity index is 1.41. The molecule has 2 aliphatic heterocycles. The van der Waals surface area contributed by atoms with Crippen LogP contribution in [-0.2, 0) is 4.79 Å². The van der Waals surface area contributed by atoms with Gasteiger partial charge in [0.2, 0.25) is 11.7 Å². The first kappa shape index (κ1) is 26.4. The van der Waals surface area contributed by atoms with Crippen LogP contribution in [0.3, 0.4) is 0 Å². The van der Waals surface area contributed by atoms with Gasteiger partial charge >= 0.3 is 0 Å². The largest absolute Gasteiger partial charge is 0.493 e. The van der Waals surface area contributed by atoms with E-state index >= 15 is 0 Å². The lowest BCUT2D eigenvalue weighted by Gasteiger charge is -2.48. The van der Waals surface area contributed by atoms with Crippen molar-refractivity contribution in [3.05, 3.63) is 45.9 Å². The number of nitrogens with one attached hydrogen (secondary N) is 2. The van der Waals surface area contributed by atoms with Crippen LogP contribution in [0.25, 0.3) is 0 Å². The number of nitrogens with zero attached hydrogens (tertiary/aromatic N) is 1. The molecular formula is C26H31Cl2N3O5. The normalized spacial score (nSPS) is 21.4. The van der Waals surface area contributed by atoms with E-state index in [1.54, 1.807) is 30.3 Å². The van der Waals surface area contributed by atoms with Gasteiger partial charge in [0.25, 0.3) is 5.91 Å². The van der Waals surface area contributed by atoms with E-state index in [1.807, 2.05) is 0 Å². The van der Waals surface area contributed by atoms with Crippen molar-refractivity contribution in [2.75, 3.05) is 33.2 Å². The second-order valence-electron chi connectivity index (χ2n) is 9.14. The average Bonchev–Trinajstić information content (AvgIpc) is 2.85. The summed E-state index contributed by atoms with van der Waals surface area (Å²) in [6.07, 6.45) is 4.63. The van der Waals surface area contributed by atoms with Gasteiger partial charge in [0.05, 0.1) is 38.6 Å². The monoisotopic (exact) mass is 535 g/mol. The van der Waals surface area contributed by atoms with E-state index in [0.717, 1.165) is 32.1 Å². The maximum absolute atomic E-state index is 13.1. The standard InChI is InChI=1S/C26H31Cl2N3O5/c1-34-22-9-15(10-23(35-2)25(22)36-3)26(33)29-17-12-18-5-4-6-19(13-17)31(18)14-24(32)30-21-11-16(27)7-8-20(21)28/h7-11,17-19H,4-6,12-14H2,1-3H3,(H,29,33)(H,30,32)/t17?,18-,19+. The van der Waals surface area contributed by atoms with Crippen LogP contribution >= 0.6 is 23.2 Å². The molecule has 10 heteroatoms. The van der Waals surface area contributed by atoms with Gasteiger partial charge in [0, 0.05) is 28.7 Å². The summed E-state index contributed by atoms with van der Waals surface area (Å²) in [5.41, 5.74) is 0.946. The summed E-state index contributed by atoms with van der Waals surface area (Å²) in [6, 6.07) is 8.72. The Morgan fingerprint density at radius 1 is 0.972 bits per heavy atom. The third kappa shape index (κ3) is 5.82. The van der Waals surface area contributed by atoms with Crippen LogP contribution in [0.2, 0.25) is 10.0 Å². The second kappa shape index (κ2) is 11.6. The van der Waals surface area contributed by atoms with E-state index in [1.165, 1.54) is 21.3 Å². The zero-order chi connectivity index (χ0) is 25.8. The lowest BCUT2D eigenvalue weighted by Crippen LogP contribution is -2.58. The number of hydrogen-bond acceptors (Lipinski definition) is 6. The number of ether oxygens (including phenoxy) is 3. The molecule has 2 bridgehead atoms. The average molecular weight is 536 g/mol. The Kier molecular flexibility index (Phi) is 8.49. The lowest BCUT2D eigenvalue weighted by molar-refractivity contribution is -0.120. The molecule has 1 unspecified atom stereocenters. The number of halogens is 2. The van der Waals surface area contributed by atoms with Gasteiger partial charge in [0.1, 0.15) is 0 Å². The molecule has 0 saturated carbocycles. The lowest BCUT2D eigenvalue weighted by atomic mass is 9.81. The number of amides is 2. The van der Waals surface area contributed by atoms with Crippen molar-refractivity contribution in [2.24, 2.45) is 0 Å². The zero-order valence-electron chi connectivity index (χ0n) is 20.6. The maximum Gasteiger partial charge on any atom is 0.251 e. The van der Waals surface area contributed by atoms with E-state index < -0.39 is 0 Å². The number of hydrogen-bond donors (Lipinski definition) is 2. The van der Waals surface area contributed by atoms with E-state index in [-0.39, 0.29) is 36.5 Å². The number of carbonyl (C=O) groups excluding carboxylic acids is 2. The smallest absolute Gasteiger partial charge is 0.251 e. The fourth-order valence-electron chi connectivity index (χ4n) is 5.28. The Morgan fingerprint density at radius 2 is 1.61 bits per heavy atom. The van der Waals surface area contributed by atoms with Gasteiger partial charge in [-0.25, -0.2) is 0 Å². The SMILES string of the molecule is COc1cc(C(=O)NC2C[C@H]3CCC[C@@H](C2)N3CC(=O)Nc2cc(Cl)ccc2Cl)cc(OC)c1OC. The molecule has 0 radical (unpaired) electrons. The second-order valence-corrected chi connectivity index (χ2v) is 9.98. The highest BCUT2D eigenvalue weighted by Crippen LogP contribution is 2.39. The Morgan fingerprint density at radius 3 is 2.19 bits per heavy atom. The van der Waals surface area contributed by atoms with Gasteiger partial charge in [-0.3, -0.25) is 14.5 Å². The minimum atomic E-state index is -0.195. The van der Waals surface area contributed by atoms with Gasteiger partial charge in [-0.05, 0) is 56.0 Å². The number of benzene rings is 2. The molecule has 2 amide bonds. The van der Waals surface area contributed by atoms with Crippen LogP contribution in [0.4, 0.5) is 5.69 Å². The van der Waals surface area contributed by atoms with Crippen LogP contribution in [0.5, 0.6) is 17.2 Å². The van der Waals surface area contributed by atoms with Crippen molar-refractivity contribution < 1.29 is 23.8 Å². The highest BCUT2D eigenvalue weighted by molar-refractivity contribution is 6.35. The van der Waals surface area contributed by atoms with E-state index in [9.17, 15) is 9.59 Å². The summed E-state index contributed by atoms with van der Waals surface area (Å²) >= 11 is 12.2. The van der Waals surface area contributed by atoms with Crippen LogP contribution in [-0.4, -0.2) is 62.7 Å². The van der Waals surface area contributed by atoms with Gasteiger partial charge in [-0.1, -0.05) is 29.6 Å². The summed E-state index contributed by atoms with van der Waals surface area (Å²) in [6.45, 7) is 0.270. The van der Waals surface area contributed by atoms with Gasteiger partial charge < -0.3 is 24.8 Å². The molecule has 2 heterocycles. The number of carbonyl (C=O) groups is 2. The van der Waals surface area contributed by atoms with E-state index in [2.05, 4.69) is 15.5 Å². The topological polar surface area (TPSA) is 89.1 Å². The van der Waals surface area contributed by atoms with Crippen LogP contribution in [0, 0.1) is 0 Å². The van der Waals surface area contributed by atoms with Crippen LogP contribution in [0.1, 0.15) is 42.5 Å². The Labute approximate surface area is 221 Å². The molecule has 36 heavy (non-hydrogen) atoms. The predicted octanol–water partition coefficient (Wildman–Crippen LogP) is 4.77. The summed E-state index contributed by atoms with van der Waals surface area (Å²) in [4.78, 5) is 28.2. The minimum Gasteiger partial charge on any atom is -0.493 e. The predicted molar refractivity (Wildman–Crippen MR) is 140 cm³/mol.